The Balaban J connectivity index is 2.10. The quantitative estimate of drug-likeness (QED) is 0.588. The van der Waals surface area contributed by atoms with Crippen molar-refractivity contribution in [3.8, 4) is 0 Å². The molecule has 0 radical (unpaired) electrons. The number of hydrogen-bond acceptors (Lipinski definition) is 3. The van der Waals surface area contributed by atoms with E-state index in [9.17, 15) is 26.4 Å². The van der Waals surface area contributed by atoms with Crippen molar-refractivity contribution in [2.24, 2.45) is 0 Å². The molecule has 2 aromatic carbocycles. The molecular weight excluding hydrogens is 379 g/mol. The van der Waals surface area contributed by atoms with Gasteiger partial charge >= 0.3 is 6.18 Å². The lowest BCUT2D eigenvalue weighted by atomic mass is 10.1. The van der Waals surface area contributed by atoms with E-state index in [2.05, 4.69) is 0 Å². The van der Waals surface area contributed by atoms with Crippen molar-refractivity contribution in [3.05, 3.63) is 65.9 Å². The Labute approximate surface area is 154 Å². The van der Waals surface area contributed by atoms with E-state index < -0.39 is 34.8 Å². The van der Waals surface area contributed by atoms with E-state index in [0.29, 0.717) is 5.39 Å². The molecule has 0 saturated heterocycles. The fourth-order valence-corrected chi connectivity index (χ4v) is 4.15. The summed E-state index contributed by atoms with van der Waals surface area (Å²) in [5.74, 6) is -0.749. The highest BCUT2D eigenvalue weighted by Crippen LogP contribution is 2.29. The number of para-hydroxylation sites is 1. The zero-order valence-electron chi connectivity index (χ0n) is 14.3. The predicted octanol–water partition coefficient (Wildman–Crippen LogP) is 4.71. The molecule has 1 heterocycles. The Bertz CT molecular complexity index is 1100. The first-order valence-corrected chi connectivity index (χ1v) is 9.56. The van der Waals surface area contributed by atoms with Gasteiger partial charge in [-0.15, -0.1) is 0 Å². The summed E-state index contributed by atoms with van der Waals surface area (Å²) in [5.41, 5.74) is 1.09. The second-order valence-electron chi connectivity index (χ2n) is 6.21. The van der Waals surface area contributed by atoms with Gasteiger partial charge in [-0.2, -0.15) is 13.2 Å². The topological polar surface area (TPSA) is 56.1 Å². The molecule has 1 aromatic heterocycles. The molecule has 0 bridgehead atoms. The van der Waals surface area contributed by atoms with Crippen LogP contribution in [0.5, 0.6) is 0 Å². The largest absolute Gasteiger partial charge is 0.389 e. The van der Waals surface area contributed by atoms with Crippen LogP contribution in [0.25, 0.3) is 10.9 Å². The average Bonchev–Trinajstić information content (AvgIpc) is 3.00. The highest BCUT2D eigenvalue weighted by molar-refractivity contribution is 7.90. The van der Waals surface area contributed by atoms with Crippen molar-refractivity contribution in [1.29, 1.82) is 0 Å². The van der Waals surface area contributed by atoms with Gasteiger partial charge in [0.2, 0.25) is 0 Å². The minimum Gasteiger partial charge on any atom is -0.294 e. The summed E-state index contributed by atoms with van der Waals surface area (Å²) in [5, 5.41) is 0.306. The number of aromatic nitrogens is 1. The summed E-state index contributed by atoms with van der Waals surface area (Å²) < 4.78 is 64.2. The van der Waals surface area contributed by atoms with Gasteiger partial charge in [-0.05, 0) is 25.1 Å². The normalized spacial score (nSPS) is 12.4. The minimum atomic E-state index is -4.46. The molecule has 0 atom stereocenters. The van der Waals surface area contributed by atoms with Crippen LogP contribution in [0, 0.1) is 6.92 Å². The van der Waals surface area contributed by atoms with E-state index in [1.165, 1.54) is 24.3 Å². The molecule has 0 aliphatic rings. The molecule has 0 aliphatic heterocycles. The molecule has 8 heteroatoms. The lowest BCUT2D eigenvalue weighted by Gasteiger charge is -2.07. The van der Waals surface area contributed by atoms with Crippen LogP contribution in [0.1, 0.15) is 28.8 Å². The number of alkyl halides is 3. The number of Topliss-reactive ketones (excluding diaryl/α,β-unsaturated/α-hetero) is 1. The first-order valence-electron chi connectivity index (χ1n) is 8.12. The molecular formula is C19H16F3NO3S. The van der Waals surface area contributed by atoms with E-state index in [-0.39, 0.29) is 16.0 Å². The average molecular weight is 395 g/mol. The maximum absolute atomic E-state index is 13.0. The Morgan fingerprint density at radius 3 is 2.30 bits per heavy atom. The fraction of sp³-hybridized carbons (Fsp3) is 0.211. The van der Waals surface area contributed by atoms with Crippen molar-refractivity contribution in [3.63, 3.8) is 0 Å². The fourth-order valence-electron chi connectivity index (χ4n) is 2.78. The Morgan fingerprint density at radius 1 is 1.04 bits per heavy atom. The summed E-state index contributed by atoms with van der Waals surface area (Å²) >= 11 is 0. The molecule has 27 heavy (non-hydrogen) atoms. The molecule has 0 N–H and O–H groups in total. The van der Waals surface area contributed by atoms with Crippen molar-refractivity contribution in [1.82, 2.24) is 3.97 Å². The molecule has 0 fully saturated rings. The van der Waals surface area contributed by atoms with Crippen molar-refractivity contribution >= 4 is 26.7 Å². The number of rotatable bonds is 5. The molecule has 3 aromatic rings. The zero-order valence-corrected chi connectivity index (χ0v) is 15.1. The molecule has 0 amide bonds. The number of benzene rings is 2. The number of carbonyl (C=O) groups excluding carboxylic acids is 1. The number of aryl methyl sites for hydroxylation is 1. The highest BCUT2D eigenvalue weighted by atomic mass is 32.2. The van der Waals surface area contributed by atoms with Gasteiger partial charge in [0, 0.05) is 23.6 Å². The lowest BCUT2D eigenvalue weighted by molar-refractivity contribution is -0.133. The number of fused-ring (bicyclic) bond motifs is 1. The van der Waals surface area contributed by atoms with Crippen LogP contribution in [-0.4, -0.2) is 24.3 Å². The van der Waals surface area contributed by atoms with Crippen LogP contribution < -0.4 is 0 Å². The van der Waals surface area contributed by atoms with E-state index in [1.54, 1.807) is 24.3 Å². The summed E-state index contributed by atoms with van der Waals surface area (Å²) in [6, 6.07) is 12.4. The van der Waals surface area contributed by atoms with Crippen LogP contribution in [0.3, 0.4) is 0 Å². The Kier molecular flexibility index (Phi) is 4.86. The summed E-state index contributed by atoms with van der Waals surface area (Å²) in [7, 11) is -4.00. The number of hydrogen-bond donors (Lipinski definition) is 0. The van der Waals surface area contributed by atoms with Gasteiger partial charge in [0.05, 0.1) is 16.8 Å². The van der Waals surface area contributed by atoms with Crippen LogP contribution in [0.4, 0.5) is 13.2 Å². The SMILES string of the molecule is Cc1ccc(S(=O)(=O)n2cc(C(=O)CCC(F)(F)F)c3ccccc32)cc1. The predicted molar refractivity (Wildman–Crippen MR) is 95.3 cm³/mol. The van der Waals surface area contributed by atoms with Gasteiger partial charge in [-0.3, -0.25) is 4.79 Å². The highest BCUT2D eigenvalue weighted by Gasteiger charge is 2.30. The van der Waals surface area contributed by atoms with Gasteiger partial charge in [0.25, 0.3) is 10.0 Å². The van der Waals surface area contributed by atoms with E-state index >= 15 is 0 Å². The first kappa shape index (κ1) is 19.2. The first-order chi connectivity index (χ1) is 12.6. The maximum atomic E-state index is 13.0. The number of halogens is 3. The summed E-state index contributed by atoms with van der Waals surface area (Å²) in [6.45, 7) is 1.82. The third-order valence-electron chi connectivity index (χ3n) is 4.19. The van der Waals surface area contributed by atoms with Gasteiger partial charge in [-0.25, -0.2) is 12.4 Å². The maximum Gasteiger partial charge on any atom is 0.389 e. The van der Waals surface area contributed by atoms with E-state index in [1.807, 2.05) is 6.92 Å². The third kappa shape index (κ3) is 3.90. The molecule has 0 aliphatic carbocycles. The van der Waals surface area contributed by atoms with E-state index in [0.717, 1.165) is 15.7 Å². The summed E-state index contributed by atoms with van der Waals surface area (Å²) in [6.07, 6.45) is -5.33. The molecule has 142 valence electrons. The monoisotopic (exact) mass is 395 g/mol. The number of ketones is 1. The number of carbonyl (C=O) groups is 1. The smallest absolute Gasteiger partial charge is 0.294 e. The molecule has 0 spiro atoms. The van der Waals surface area contributed by atoms with Crippen LogP contribution in [0.15, 0.2) is 59.6 Å². The van der Waals surface area contributed by atoms with Crippen molar-refractivity contribution < 1.29 is 26.4 Å². The number of nitrogens with zero attached hydrogens (tertiary/aromatic N) is 1. The summed E-state index contributed by atoms with van der Waals surface area (Å²) in [4.78, 5) is 12.3. The second-order valence-corrected chi connectivity index (χ2v) is 8.03. The Morgan fingerprint density at radius 2 is 1.67 bits per heavy atom. The van der Waals surface area contributed by atoms with Gasteiger partial charge in [0.1, 0.15) is 0 Å². The lowest BCUT2D eigenvalue weighted by Crippen LogP contribution is -2.12. The minimum absolute atomic E-state index is 0.0307. The van der Waals surface area contributed by atoms with E-state index in [4.69, 9.17) is 0 Å². The Hall–Kier alpha value is -2.61. The van der Waals surface area contributed by atoms with Crippen LogP contribution >= 0.6 is 0 Å². The van der Waals surface area contributed by atoms with Crippen LogP contribution in [0.2, 0.25) is 0 Å². The van der Waals surface area contributed by atoms with Gasteiger partial charge < -0.3 is 0 Å². The van der Waals surface area contributed by atoms with Gasteiger partial charge in [0.15, 0.2) is 5.78 Å². The zero-order chi connectivity index (χ0) is 19.8. The van der Waals surface area contributed by atoms with Gasteiger partial charge in [-0.1, -0.05) is 35.9 Å². The molecule has 0 unspecified atom stereocenters. The van der Waals surface area contributed by atoms with Crippen LogP contribution in [-0.2, 0) is 10.0 Å². The molecule has 0 saturated carbocycles. The van der Waals surface area contributed by atoms with Crippen molar-refractivity contribution in [2.75, 3.05) is 0 Å². The molecule has 3 rings (SSSR count). The standard InChI is InChI=1S/C19H16F3NO3S/c1-13-6-8-14(9-7-13)27(25,26)23-12-16(15-4-2-3-5-17(15)23)18(24)10-11-19(20,21)22/h2-9,12H,10-11H2,1H3. The second kappa shape index (κ2) is 6.84. The third-order valence-corrected chi connectivity index (χ3v) is 5.88. The van der Waals surface area contributed by atoms with Crippen molar-refractivity contribution in [2.45, 2.75) is 30.8 Å². The molecule has 4 nitrogen and oxygen atoms in total.